The van der Waals surface area contributed by atoms with E-state index in [-0.39, 0.29) is 30.9 Å². The van der Waals surface area contributed by atoms with Crippen LogP contribution in [-0.4, -0.2) is 75.0 Å². The standard InChI is InChI=1S/C30H32N8O3S/c1-35(30(41)33-15-20-6-3-2-4-7-20)37-18-26(39)38-23(14-19-10-12-22(31)13-11-19)28(40)36(17-25(37)38)16-21-8-5-9-24-27(21)34-29(32)42-24/h2-13,23,25H,14-18,31H2,1H3,(H2,32,34)(H,33,41)/t23-,25+/m0/s1. The molecule has 4 amide bonds. The Kier molecular flexibility index (Phi) is 7.40. The van der Waals surface area contributed by atoms with Gasteiger partial charge in [-0.1, -0.05) is 65.9 Å². The van der Waals surface area contributed by atoms with Gasteiger partial charge < -0.3 is 26.6 Å². The van der Waals surface area contributed by atoms with E-state index in [2.05, 4.69) is 10.3 Å². The number of nitrogens with two attached hydrogens (primary N) is 2. The Hall–Kier alpha value is -4.68. The minimum atomic E-state index is -0.745. The summed E-state index contributed by atoms with van der Waals surface area (Å²) in [6.07, 6.45) is -0.204. The van der Waals surface area contributed by atoms with Crippen LogP contribution in [0, 0.1) is 0 Å². The molecule has 0 unspecified atom stereocenters. The second-order valence-electron chi connectivity index (χ2n) is 10.5. The number of fused-ring (bicyclic) bond motifs is 2. The van der Waals surface area contributed by atoms with Crippen LogP contribution >= 0.6 is 11.3 Å². The molecule has 12 heteroatoms. The fourth-order valence-electron chi connectivity index (χ4n) is 5.69. The third-order valence-corrected chi connectivity index (χ3v) is 8.67. The van der Waals surface area contributed by atoms with E-state index in [1.807, 2.05) is 60.7 Å². The Morgan fingerprint density at radius 3 is 2.55 bits per heavy atom. The first-order valence-electron chi connectivity index (χ1n) is 13.7. The van der Waals surface area contributed by atoms with Crippen LogP contribution in [-0.2, 0) is 29.1 Å². The summed E-state index contributed by atoms with van der Waals surface area (Å²) in [6, 6.07) is 21.7. The van der Waals surface area contributed by atoms with Crippen molar-refractivity contribution < 1.29 is 14.4 Å². The number of hydrogen-bond donors (Lipinski definition) is 3. The molecule has 216 valence electrons. The molecule has 2 aliphatic heterocycles. The maximum atomic E-state index is 14.1. The first-order chi connectivity index (χ1) is 20.3. The molecule has 0 spiro atoms. The Morgan fingerprint density at radius 2 is 1.79 bits per heavy atom. The van der Waals surface area contributed by atoms with Crippen LogP contribution in [0.4, 0.5) is 15.6 Å². The number of benzene rings is 3. The zero-order valence-corrected chi connectivity index (χ0v) is 24.0. The van der Waals surface area contributed by atoms with Crippen LogP contribution in [0.5, 0.6) is 0 Å². The minimum absolute atomic E-state index is 0.0164. The molecule has 0 radical (unpaired) electrons. The number of piperazine rings is 1. The van der Waals surface area contributed by atoms with Crippen molar-refractivity contribution in [2.24, 2.45) is 0 Å². The lowest BCUT2D eigenvalue weighted by molar-refractivity contribution is -0.157. The molecular weight excluding hydrogens is 552 g/mol. The van der Waals surface area contributed by atoms with Crippen LogP contribution in [0.2, 0.25) is 0 Å². The number of rotatable bonds is 7. The fourth-order valence-corrected chi connectivity index (χ4v) is 6.47. The third-order valence-electron chi connectivity index (χ3n) is 7.82. The number of nitrogens with zero attached hydrogens (tertiary/aromatic N) is 5. The maximum absolute atomic E-state index is 14.1. The number of hydrogen-bond acceptors (Lipinski definition) is 8. The molecule has 1 aromatic heterocycles. The number of hydrazine groups is 1. The van der Waals surface area contributed by atoms with Crippen molar-refractivity contribution in [2.45, 2.75) is 31.7 Å². The van der Waals surface area contributed by atoms with Gasteiger partial charge in [0, 0.05) is 32.2 Å². The van der Waals surface area contributed by atoms with Crippen molar-refractivity contribution >= 4 is 50.2 Å². The number of thiazole rings is 1. The van der Waals surface area contributed by atoms with E-state index in [0.29, 0.717) is 30.3 Å². The van der Waals surface area contributed by atoms with E-state index < -0.39 is 12.2 Å². The van der Waals surface area contributed by atoms with Crippen LogP contribution in [0.1, 0.15) is 16.7 Å². The molecule has 2 atom stereocenters. The number of urea groups is 1. The molecular formula is C30H32N8O3S. The molecule has 3 heterocycles. The van der Waals surface area contributed by atoms with Crippen molar-refractivity contribution in [2.75, 3.05) is 31.6 Å². The van der Waals surface area contributed by atoms with Gasteiger partial charge in [0.2, 0.25) is 11.8 Å². The van der Waals surface area contributed by atoms with Crippen molar-refractivity contribution in [3.63, 3.8) is 0 Å². The molecule has 0 aliphatic carbocycles. The van der Waals surface area contributed by atoms with Crippen molar-refractivity contribution in [3.8, 4) is 0 Å². The summed E-state index contributed by atoms with van der Waals surface area (Å²) in [5.74, 6) is -0.361. The highest BCUT2D eigenvalue weighted by atomic mass is 32.1. The van der Waals surface area contributed by atoms with Gasteiger partial charge in [-0.3, -0.25) is 14.6 Å². The Morgan fingerprint density at radius 1 is 1.02 bits per heavy atom. The zero-order chi connectivity index (χ0) is 29.4. The van der Waals surface area contributed by atoms with Gasteiger partial charge in [-0.25, -0.2) is 9.78 Å². The molecule has 3 aromatic carbocycles. The van der Waals surface area contributed by atoms with E-state index in [1.165, 1.54) is 16.3 Å². The predicted octanol–water partition coefficient (Wildman–Crippen LogP) is 2.64. The van der Waals surface area contributed by atoms with Gasteiger partial charge in [-0.2, -0.15) is 5.01 Å². The van der Waals surface area contributed by atoms with Crippen molar-refractivity contribution in [1.29, 1.82) is 0 Å². The smallest absolute Gasteiger partial charge is 0.332 e. The van der Waals surface area contributed by atoms with Gasteiger partial charge in [0.25, 0.3) is 0 Å². The molecule has 4 aromatic rings. The van der Waals surface area contributed by atoms with Gasteiger partial charge >= 0.3 is 6.03 Å². The predicted molar refractivity (Wildman–Crippen MR) is 162 cm³/mol. The van der Waals surface area contributed by atoms with Crippen LogP contribution in [0.25, 0.3) is 10.2 Å². The second kappa shape index (κ2) is 11.3. The van der Waals surface area contributed by atoms with E-state index >= 15 is 0 Å². The number of anilines is 2. The first-order valence-corrected chi connectivity index (χ1v) is 14.5. The molecule has 6 rings (SSSR count). The van der Waals surface area contributed by atoms with Gasteiger partial charge in [0.05, 0.1) is 23.3 Å². The monoisotopic (exact) mass is 584 g/mol. The molecule has 5 N–H and O–H groups in total. The summed E-state index contributed by atoms with van der Waals surface area (Å²) in [4.78, 5) is 48.6. The number of para-hydroxylation sites is 1. The first kappa shape index (κ1) is 27.5. The summed E-state index contributed by atoms with van der Waals surface area (Å²) in [6.45, 7) is 0.867. The average Bonchev–Trinajstić information content (AvgIpc) is 3.54. The Balaban J connectivity index is 1.28. The normalized spacial score (nSPS) is 18.9. The molecule has 42 heavy (non-hydrogen) atoms. The third kappa shape index (κ3) is 5.33. The fraction of sp³-hybridized carbons (Fsp3) is 0.267. The van der Waals surface area contributed by atoms with Gasteiger partial charge in [-0.05, 0) is 34.9 Å². The lowest BCUT2D eigenvalue weighted by Crippen LogP contribution is -2.65. The van der Waals surface area contributed by atoms with Crippen LogP contribution in [0.15, 0.2) is 72.8 Å². The summed E-state index contributed by atoms with van der Waals surface area (Å²) in [5, 5.41) is 6.57. The van der Waals surface area contributed by atoms with Crippen molar-refractivity contribution in [1.82, 2.24) is 30.1 Å². The number of carbonyl (C=O) groups is 3. The highest BCUT2D eigenvalue weighted by molar-refractivity contribution is 7.22. The molecule has 2 saturated heterocycles. The number of nitrogens with one attached hydrogen (secondary N) is 1. The summed E-state index contributed by atoms with van der Waals surface area (Å²) < 4.78 is 0.946. The van der Waals surface area contributed by atoms with Gasteiger partial charge in [0.1, 0.15) is 12.2 Å². The molecule has 11 nitrogen and oxygen atoms in total. The number of amides is 4. The second-order valence-corrected chi connectivity index (χ2v) is 11.6. The highest BCUT2D eigenvalue weighted by Gasteiger charge is 2.51. The van der Waals surface area contributed by atoms with E-state index in [9.17, 15) is 14.4 Å². The lowest BCUT2D eigenvalue weighted by Gasteiger charge is -2.45. The molecule has 2 fully saturated rings. The molecule has 2 aliphatic rings. The highest BCUT2D eigenvalue weighted by Crippen LogP contribution is 2.32. The topological polar surface area (TPSA) is 141 Å². The average molecular weight is 585 g/mol. The van der Waals surface area contributed by atoms with Crippen molar-refractivity contribution in [3.05, 3.63) is 89.5 Å². The Labute approximate surface area is 247 Å². The lowest BCUT2D eigenvalue weighted by atomic mass is 9.99. The number of carbonyl (C=O) groups excluding carboxylic acids is 3. The minimum Gasteiger partial charge on any atom is -0.399 e. The van der Waals surface area contributed by atoms with E-state index in [0.717, 1.165) is 26.9 Å². The van der Waals surface area contributed by atoms with Crippen LogP contribution in [0.3, 0.4) is 0 Å². The zero-order valence-electron chi connectivity index (χ0n) is 23.1. The SMILES string of the molecule is CN(C(=O)NCc1ccccc1)N1CC(=O)N2[C@@H](Cc3ccc(N)cc3)C(=O)N(Cc3cccc4sc(N)nc34)C[C@@H]21. The van der Waals surface area contributed by atoms with E-state index in [1.54, 1.807) is 34.0 Å². The van der Waals surface area contributed by atoms with Gasteiger partial charge in [-0.15, -0.1) is 0 Å². The summed E-state index contributed by atoms with van der Waals surface area (Å²) in [7, 11) is 1.64. The van der Waals surface area contributed by atoms with E-state index in [4.69, 9.17) is 11.5 Å². The summed E-state index contributed by atoms with van der Waals surface area (Å²) in [5.41, 5.74) is 16.0. The Bertz CT molecular complexity index is 1630. The van der Waals surface area contributed by atoms with Gasteiger partial charge in [0.15, 0.2) is 5.13 Å². The summed E-state index contributed by atoms with van der Waals surface area (Å²) >= 11 is 1.40. The van der Waals surface area contributed by atoms with Crippen LogP contribution < -0.4 is 16.8 Å². The maximum Gasteiger partial charge on any atom is 0.332 e. The quantitative estimate of drug-likeness (QED) is 0.284. The number of nitrogen functional groups attached to an aromatic ring is 2. The molecule has 0 bridgehead atoms. The largest absolute Gasteiger partial charge is 0.399 e. The molecule has 0 saturated carbocycles. The number of aromatic nitrogens is 1.